The van der Waals surface area contributed by atoms with Crippen LogP contribution in [0.15, 0.2) is 54.6 Å². The molecule has 0 aliphatic rings. The zero-order valence-electron chi connectivity index (χ0n) is 11.7. The first-order chi connectivity index (χ1) is 9.90. The van der Waals surface area contributed by atoms with E-state index in [1.54, 1.807) is 0 Å². The van der Waals surface area contributed by atoms with Crippen molar-refractivity contribution in [2.45, 2.75) is 25.7 Å². The van der Waals surface area contributed by atoms with E-state index in [4.69, 9.17) is 16.3 Å². The average molecular weight is 289 g/mol. The molecule has 0 saturated heterocycles. The van der Waals surface area contributed by atoms with E-state index in [0.717, 1.165) is 31.1 Å². The fourth-order valence-corrected chi connectivity index (χ4v) is 2.30. The molecule has 0 atom stereocenters. The van der Waals surface area contributed by atoms with Gasteiger partial charge in [-0.15, -0.1) is 11.6 Å². The lowest BCUT2D eigenvalue weighted by Gasteiger charge is -2.07. The number of alkyl halides is 1. The minimum atomic E-state index is 0.766. The molecule has 0 heterocycles. The van der Waals surface area contributed by atoms with Gasteiger partial charge in [-0.1, -0.05) is 55.3 Å². The zero-order valence-corrected chi connectivity index (χ0v) is 12.5. The summed E-state index contributed by atoms with van der Waals surface area (Å²) >= 11 is 5.64. The van der Waals surface area contributed by atoms with Gasteiger partial charge >= 0.3 is 0 Å². The van der Waals surface area contributed by atoms with Gasteiger partial charge in [-0.2, -0.15) is 0 Å². The third kappa shape index (κ3) is 4.90. The molecule has 0 unspecified atom stereocenters. The second-order valence-corrected chi connectivity index (χ2v) is 5.22. The van der Waals surface area contributed by atoms with Crippen LogP contribution >= 0.6 is 11.6 Å². The number of benzene rings is 2. The quantitative estimate of drug-likeness (QED) is 0.458. The van der Waals surface area contributed by atoms with E-state index in [2.05, 4.69) is 36.4 Å². The fourth-order valence-electron chi connectivity index (χ4n) is 2.11. The lowest BCUT2D eigenvalue weighted by molar-refractivity contribution is 0.305. The molecule has 0 bridgehead atoms. The Labute approximate surface area is 126 Å². The highest BCUT2D eigenvalue weighted by Crippen LogP contribution is 2.22. The van der Waals surface area contributed by atoms with Gasteiger partial charge in [-0.05, 0) is 36.1 Å². The van der Waals surface area contributed by atoms with Gasteiger partial charge in [0.25, 0.3) is 0 Å². The summed E-state index contributed by atoms with van der Waals surface area (Å²) in [5.74, 6) is 1.71. The van der Waals surface area contributed by atoms with E-state index >= 15 is 0 Å². The minimum absolute atomic E-state index is 0.766. The Morgan fingerprint density at radius 3 is 2.05 bits per heavy atom. The lowest BCUT2D eigenvalue weighted by atomic mass is 10.1. The highest BCUT2D eigenvalue weighted by Gasteiger charge is 1.98. The number of rotatable bonds is 8. The maximum atomic E-state index is 5.74. The molecule has 2 aromatic carbocycles. The van der Waals surface area contributed by atoms with E-state index < -0.39 is 0 Å². The molecule has 20 heavy (non-hydrogen) atoms. The Bertz CT molecular complexity index is 479. The van der Waals surface area contributed by atoms with Crippen LogP contribution < -0.4 is 4.74 Å². The van der Waals surface area contributed by atoms with Crippen LogP contribution in [0.1, 0.15) is 25.7 Å². The van der Waals surface area contributed by atoms with Crippen molar-refractivity contribution in [1.82, 2.24) is 0 Å². The van der Waals surface area contributed by atoms with Crippen molar-refractivity contribution in [3.05, 3.63) is 54.6 Å². The van der Waals surface area contributed by atoms with Crippen LogP contribution in [0.5, 0.6) is 5.75 Å². The molecule has 0 amide bonds. The summed E-state index contributed by atoms with van der Waals surface area (Å²) in [5, 5.41) is 0. The second kappa shape index (κ2) is 8.65. The minimum Gasteiger partial charge on any atom is -0.494 e. The Morgan fingerprint density at radius 2 is 1.35 bits per heavy atom. The third-order valence-corrected chi connectivity index (χ3v) is 3.53. The van der Waals surface area contributed by atoms with Gasteiger partial charge in [0.2, 0.25) is 0 Å². The first kappa shape index (κ1) is 14.9. The summed E-state index contributed by atoms with van der Waals surface area (Å²) in [6.45, 7) is 0.785. The van der Waals surface area contributed by atoms with Crippen molar-refractivity contribution in [3.63, 3.8) is 0 Å². The van der Waals surface area contributed by atoms with Gasteiger partial charge in [0.05, 0.1) is 6.61 Å². The van der Waals surface area contributed by atoms with Crippen LogP contribution in [0.25, 0.3) is 11.1 Å². The second-order valence-electron chi connectivity index (χ2n) is 4.84. The smallest absolute Gasteiger partial charge is 0.119 e. The van der Waals surface area contributed by atoms with E-state index in [1.807, 2.05) is 18.2 Å². The molecule has 0 saturated carbocycles. The largest absolute Gasteiger partial charge is 0.494 e. The van der Waals surface area contributed by atoms with Crippen LogP contribution in [0, 0.1) is 0 Å². The molecule has 0 aliphatic heterocycles. The first-order valence-corrected chi connectivity index (χ1v) is 7.78. The van der Waals surface area contributed by atoms with Gasteiger partial charge < -0.3 is 4.74 Å². The van der Waals surface area contributed by atoms with Gasteiger partial charge in [0.15, 0.2) is 0 Å². The Hall–Kier alpha value is -1.47. The Morgan fingerprint density at radius 1 is 0.700 bits per heavy atom. The van der Waals surface area contributed by atoms with Crippen LogP contribution in [-0.4, -0.2) is 12.5 Å². The van der Waals surface area contributed by atoms with Crippen LogP contribution in [-0.2, 0) is 0 Å². The van der Waals surface area contributed by atoms with Crippen molar-refractivity contribution < 1.29 is 4.74 Å². The summed E-state index contributed by atoms with van der Waals surface area (Å²) in [7, 11) is 0. The van der Waals surface area contributed by atoms with Gasteiger partial charge in [0.1, 0.15) is 5.75 Å². The molecule has 106 valence electrons. The monoisotopic (exact) mass is 288 g/mol. The van der Waals surface area contributed by atoms with Gasteiger partial charge in [-0.3, -0.25) is 0 Å². The SMILES string of the molecule is ClCCCCCCOc1ccc(-c2ccccc2)cc1. The zero-order chi connectivity index (χ0) is 14.0. The Balaban J connectivity index is 1.77. The van der Waals surface area contributed by atoms with Crippen molar-refractivity contribution in [1.29, 1.82) is 0 Å². The predicted octanol–water partition coefficient (Wildman–Crippen LogP) is 5.53. The maximum Gasteiger partial charge on any atom is 0.119 e. The molecule has 0 aliphatic carbocycles. The standard InChI is InChI=1S/C18H21ClO/c19-14-6-1-2-7-15-20-18-12-10-17(11-13-18)16-8-4-3-5-9-16/h3-5,8-13H,1-2,6-7,14-15H2. The molecule has 0 fully saturated rings. The van der Waals surface area contributed by atoms with Gasteiger partial charge in [0, 0.05) is 5.88 Å². The van der Waals surface area contributed by atoms with Crippen LogP contribution in [0.3, 0.4) is 0 Å². The summed E-state index contributed by atoms with van der Waals surface area (Å²) < 4.78 is 5.74. The summed E-state index contributed by atoms with van der Waals surface area (Å²) in [6, 6.07) is 18.7. The van der Waals surface area contributed by atoms with E-state index in [-0.39, 0.29) is 0 Å². The number of unbranched alkanes of at least 4 members (excludes halogenated alkanes) is 3. The molecular weight excluding hydrogens is 268 g/mol. The van der Waals surface area contributed by atoms with E-state index in [9.17, 15) is 0 Å². The highest BCUT2D eigenvalue weighted by atomic mass is 35.5. The van der Waals surface area contributed by atoms with Crippen molar-refractivity contribution in [2.75, 3.05) is 12.5 Å². The van der Waals surface area contributed by atoms with Crippen molar-refractivity contribution >= 4 is 11.6 Å². The molecule has 2 rings (SSSR count). The number of hydrogen-bond donors (Lipinski definition) is 0. The third-order valence-electron chi connectivity index (χ3n) is 3.26. The fraction of sp³-hybridized carbons (Fsp3) is 0.333. The molecule has 2 aromatic rings. The summed E-state index contributed by atoms with van der Waals surface area (Å²) in [6.07, 6.45) is 4.58. The van der Waals surface area contributed by atoms with Crippen LogP contribution in [0.4, 0.5) is 0 Å². The summed E-state index contributed by atoms with van der Waals surface area (Å²) in [4.78, 5) is 0. The summed E-state index contributed by atoms with van der Waals surface area (Å²) in [5.41, 5.74) is 2.46. The molecular formula is C18H21ClO. The predicted molar refractivity (Wildman–Crippen MR) is 86.6 cm³/mol. The molecule has 2 heteroatoms. The number of hydrogen-bond acceptors (Lipinski definition) is 1. The number of ether oxygens (including phenoxy) is 1. The Kier molecular flexibility index (Phi) is 6.46. The maximum absolute atomic E-state index is 5.74. The number of halogens is 1. The molecule has 1 nitrogen and oxygen atoms in total. The lowest BCUT2D eigenvalue weighted by Crippen LogP contribution is -1.97. The normalized spacial score (nSPS) is 10.4. The van der Waals surface area contributed by atoms with E-state index in [1.165, 1.54) is 24.0 Å². The topological polar surface area (TPSA) is 9.23 Å². The van der Waals surface area contributed by atoms with E-state index in [0.29, 0.717) is 0 Å². The molecule has 0 spiro atoms. The molecule has 0 radical (unpaired) electrons. The molecule has 0 aromatic heterocycles. The highest BCUT2D eigenvalue weighted by molar-refractivity contribution is 6.17. The first-order valence-electron chi connectivity index (χ1n) is 7.24. The molecule has 0 N–H and O–H groups in total. The van der Waals surface area contributed by atoms with Crippen molar-refractivity contribution in [3.8, 4) is 16.9 Å². The van der Waals surface area contributed by atoms with Gasteiger partial charge in [-0.25, -0.2) is 0 Å². The van der Waals surface area contributed by atoms with Crippen molar-refractivity contribution in [2.24, 2.45) is 0 Å². The average Bonchev–Trinajstić information content (AvgIpc) is 2.52. The van der Waals surface area contributed by atoms with Crippen LogP contribution in [0.2, 0.25) is 0 Å².